The van der Waals surface area contributed by atoms with E-state index in [-0.39, 0.29) is 5.56 Å². The van der Waals surface area contributed by atoms with E-state index in [9.17, 15) is 9.18 Å². The molecule has 0 aliphatic rings. The molecule has 0 aliphatic carbocycles. The fourth-order valence-corrected chi connectivity index (χ4v) is 1.28. The Kier molecular flexibility index (Phi) is 3.61. The van der Waals surface area contributed by atoms with Gasteiger partial charge in [-0.05, 0) is 32.0 Å². The highest BCUT2D eigenvalue weighted by atomic mass is 32.1. The summed E-state index contributed by atoms with van der Waals surface area (Å²) in [7, 11) is 0. The molecule has 0 saturated carbocycles. The van der Waals surface area contributed by atoms with Crippen LogP contribution < -0.4 is 5.32 Å². The van der Waals surface area contributed by atoms with E-state index in [0.717, 1.165) is 0 Å². The first-order chi connectivity index (χ1) is 7.35. The molecule has 0 saturated heterocycles. The zero-order chi connectivity index (χ0) is 12.3. The lowest BCUT2D eigenvalue weighted by Gasteiger charge is -2.19. The van der Waals surface area contributed by atoms with Crippen molar-refractivity contribution in [1.82, 2.24) is 5.32 Å². The fraction of sp³-hybridized carbons (Fsp3) is 0.250. The highest BCUT2D eigenvalue weighted by Crippen LogP contribution is 2.14. The Labute approximate surface area is 99.7 Å². The number of benzene rings is 1. The minimum Gasteiger partial charge on any atom is -0.336 e. The molecule has 4 heteroatoms. The van der Waals surface area contributed by atoms with Gasteiger partial charge >= 0.3 is 0 Å². The third-order valence-corrected chi connectivity index (χ3v) is 2.26. The van der Waals surface area contributed by atoms with Gasteiger partial charge in [0.05, 0.1) is 11.1 Å². The summed E-state index contributed by atoms with van der Waals surface area (Å²) in [4.78, 5) is 12.2. The van der Waals surface area contributed by atoms with Crippen LogP contribution in [0.2, 0.25) is 0 Å². The molecule has 1 aromatic carbocycles. The molecule has 1 amide bonds. The second-order valence-electron chi connectivity index (χ2n) is 3.89. The van der Waals surface area contributed by atoms with Crippen LogP contribution in [-0.4, -0.2) is 11.4 Å². The maximum absolute atomic E-state index is 13.4. The number of carbonyl (C=O) groups excluding carboxylic acids is 1. The quantitative estimate of drug-likeness (QED) is 0.599. The van der Waals surface area contributed by atoms with Crippen molar-refractivity contribution in [2.45, 2.75) is 24.3 Å². The van der Waals surface area contributed by atoms with Gasteiger partial charge in [0, 0.05) is 4.90 Å². The van der Waals surface area contributed by atoms with Crippen molar-refractivity contribution < 1.29 is 9.18 Å². The minimum atomic E-state index is -0.809. The van der Waals surface area contributed by atoms with Gasteiger partial charge in [-0.15, -0.1) is 19.1 Å². The highest BCUT2D eigenvalue weighted by Gasteiger charge is 2.20. The first kappa shape index (κ1) is 12.6. The maximum Gasteiger partial charge on any atom is 0.255 e. The van der Waals surface area contributed by atoms with E-state index in [0.29, 0.717) is 4.90 Å². The molecule has 84 valence electrons. The molecule has 1 aromatic rings. The zero-order valence-electron chi connectivity index (χ0n) is 9.04. The van der Waals surface area contributed by atoms with Crippen LogP contribution in [-0.2, 0) is 0 Å². The van der Waals surface area contributed by atoms with E-state index in [2.05, 4.69) is 23.9 Å². The molecule has 16 heavy (non-hydrogen) atoms. The molecule has 0 aliphatic heterocycles. The lowest BCUT2D eigenvalue weighted by atomic mass is 10.1. The molecule has 0 heterocycles. The molecule has 0 bridgehead atoms. The first-order valence-corrected chi connectivity index (χ1v) is 5.09. The number of rotatable bonds is 2. The smallest absolute Gasteiger partial charge is 0.255 e. The van der Waals surface area contributed by atoms with E-state index >= 15 is 0 Å². The summed E-state index contributed by atoms with van der Waals surface area (Å²) < 4.78 is 13.4. The summed E-state index contributed by atoms with van der Waals surface area (Å²) >= 11 is 4.04. The van der Waals surface area contributed by atoms with Crippen molar-refractivity contribution in [2.24, 2.45) is 0 Å². The van der Waals surface area contributed by atoms with E-state index in [1.807, 2.05) is 0 Å². The largest absolute Gasteiger partial charge is 0.336 e. The van der Waals surface area contributed by atoms with Gasteiger partial charge in [0.25, 0.3) is 5.91 Å². The number of amides is 1. The SMILES string of the molecule is C#CC(C)(C)NC(=O)c1cc(S)ccc1F. The molecule has 0 aromatic heterocycles. The summed E-state index contributed by atoms with van der Waals surface area (Å²) in [5.74, 6) is 1.26. The van der Waals surface area contributed by atoms with E-state index < -0.39 is 17.3 Å². The van der Waals surface area contributed by atoms with Gasteiger partial charge in [0.15, 0.2) is 0 Å². The van der Waals surface area contributed by atoms with Crippen LogP contribution in [0.4, 0.5) is 4.39 Å². The zero-order valence-corrected chi connectivity index (χ0v) is 9.94. The predicted molar refractivity (Wildman–Crippen MR) is 64.0 cm³/mol. The molecular weight excluding hydrogens is 225 g/mol. The Morgan fingerprint density at radius 1 is 1.56 bits per heavy atom. The lowest BCUT2D eigenvalue weighted by Crippen LogP contribution is -2.42. The van der Waals surface area contributed by atoms with Gasteiger partial charge in [-0.2, -0.15) is 0 Å². The van der Waals surface area contributed by atoms with Gasteiger partial charge in [-0.3, -0.25) is 4.79 Å². The predicted octanol–water partition coefficient (Wildman–Crippen LogP) is 2.26. The van der Waals surface area contributed by atoms with Gasteiger partial charge in [0.1, 0.15) is 5.82 Å². The Balaban J connectivity index is 2.98. The van der Waals surface area contributed by atoms with Crippen LogP contribution in [0.15, 0.2) is 23.1 Å². The van der Waals surface area contributed by atoms with Crippen molar-refractivity contribution in [3.63, 3.8) is 0 Å². The Morgan fingerprint density at radius 2 is 2.19 bits per heavy atom. The standard InChI is InChI=1S/C12H12FNOS/c1-4-12(2,3)14-11(15)9-7-8(16)5-6-10(9)13/h1,5-7,16H,2-3H3,(H,14,15). The molecule has 0 radical (unpaired) electrons. The molecule has 0 unspecified atom stereocenters. The summed E-state index contributed by atoms with van der Waals surface area (Å²) in [5.41, 5.74) is -0.869. The van der Waals surface area contributed by atoms with Crippen molar-refractivity contribution in [3.8, 4) is 12.3 Å². The van der Waals surface area contributed by atoms with Crippen molar-refractivity contribution in [1.29, 1.82) is 0 Å². The normalized spacial score (nSPS) is 10.7. The monoisotopic (exact) mass is 237 g/mol. The number of hydrogen-bond acceptors (Lipinski definition) is 2. The Bertz CT molecular complexity index is 463. The molecule has 1 rings (SSSR count). The highest BCUT2D eigenvalue weighted by molar-refractivity contribution is 7.80. The van der Waals surface area contributed by atoms with Gasteiger partial charge < -0.3 is 5.32 Å². The second kappa shape index (κ2) is 4.58. The van der Waals surface area contributed by atoms with E-state index in [1.54, 1.807) is 13.8 Å². The number of hydrogen-bond donors (Lipinski definition) is 2. The van der Waals surface area contributed by atoms with Crippen LogP contribution in [0.1, 0.15) is 24.2 Å². The van der Waals surface area contributed by atoms with Crippen LogP contribution >= 0.6 is 12.6 Å². The maximum atomic E-state index is 13.4. The van der Waals surface area contributed by atoms with Gasteiger partial charge in [-0.25, -0.2) is 4.39 Å². The molecule has 1 N–H and O–H groups in total. The number of carbonyl (C=O) groups is 1. The minimum absolute atomic E-state index is 0.0594. The molecule has 0 atom stereocenters. The summed E-state index contributed by atoms with van der Waals surface area (Å²) in [6.07, 6.45) is 5.23. The number of nitrogens with one attached hydrogen (secondary N) is 1. The Morgan fingerprint density at radius 3 is 2.75 bits per heavy atom. The number of thiol groups is 1. The Hall–Kier alpha value is -1.47. The van der Waals surface area contributed by atoms with Crippen molar-refractivity contribution in [3.05, 3.63) is 29.6 Å². The van der Waals surface area contributed by atoms with E-state index in [1.165, 1.54) is 18.2 Å². The van der Waals surface area contributed by atoms with Crippen molar-refractivity contribution in [2.75, 3.05) is 0 Å². The topological polar surface area (TPSA) is 29.1 Å². The fourth-order valence-electron chi connectivity index (χ4n) is 1.07. The third-order valence-electron chi connectivity index (χ3n) is 1.98. The van der Waals surface area contributed by atoms with E-state index in [4.69, 9.17) is 6.42 Å². The first-order valence-electron chi connectivity index (χ1n) is 4.64. The molecular formula is C12H12FNOS. The molecule has 0 fully saturated rings. The third kappa shape index (κ3) is 3.01. The number of halogens is 1. The van der Waals surface area contributed by atoms with Crippen molar-refractivity contribution >= 4 is 18.5 Å². The average molecular weight is 237 g/mol. The number of terminal acetylenes is 1. The van der Waals surface area contributed by atoms with Gasteiger partial charge in [-0.1, -0.05) is 5.92 Å². The summed E-state index contributed by atoms with van der Waals surface area (Å²) in [6, 6.07) is 4.03. The molecule has 2 nitrogen and oxygen atoms in total. The summed E-state index contributed by atoms with van der Waals surface area (Å²) in [5, 5.41) is 2.54. The molecule has 0 spiro atoms. The van der Waals surface area contributed by atoms with Crippen LogP contribution in [0, 0.1) is 18.2 Å². The summed E-state index contributed by atoms with van der Waals surface area (Å²) in [6.45, 7) is 3.32. The van der Waals surface area contributed by atoms with Gasteiger partial charge in [0.2, 0.25) is 0 Å². The van der Waals surface area contributed by atoms with Crippen LogP contribution in [0.5, 0.6) is 0 Å². The average Bonchev–Trinajstić information content (AvgIpc) is 2.21. The van der Waals surface area contributed by atoms with Crippen LogP contribution in [0.3, 0.4) is 0 Å². The lowest BCUT2D eigenvalue weighted by molar-refractivity contribution is 0.0925. The van der Waals surface area contributed by atoms with Crippen LogP contribution in [0.25, 0.3) is 0 Å². The second-order valence-corrected chi connectivity index (χ2v) is 4.40.